The van der Waals surface area contributed by atoms with Crippen LogP contribution in [0.1, 0.15) is 86.8 Å². The first-order valence-corrected chi connectivity index (χ1v) is 18.7. The van der Waals surface area contributed by atoms with Crippen molar-refractivity contribution >= 4 is 35.3 Å². The van der Waals surface area contributed by atoms with Gasteiger partial charge in [0, 0.05) is 44.6 Å². The highest BCUT2D eigenvalue weighted by Gasteiger charge is 2.40. The van der Waals surface area contributed by atoms with Gasteiger partial charge in [-0.05, 0) is 68.6 Å². The Morgan fingerprint density at radius 2 is 1.68 bits per heavy atom. The summed E-state index contributed by atoms with van der Waals surface area (Å²) in [5.41, 5.74) is 2.54. The number of rotatable bonds is 15. The second-order valence-electron chi connectivity index (χ2n) is 14.5. The minimum Gasteiger partial charge on any atom is -0.347 e. The van der Waals surface area contributed by atoms with Gasteiger partial charge >= 0.3 is 0 Å². The molecule has 5 rings (SSSR count). The van der Waals surface area contributed by atoms with E-state index in [1.165, 1.54) is 23.5 Å². The van der Waals surface area contributed by atoms with Gasteiger partial charge in [0.2, 0.25) is 23.5 Å². The third-order valence-corrected chi connectivity index (χ3v) is 10.4. The fourth-order valence-corrected chi connectivity index (χ4v) is 7.04. The summed E-state index contributed by atoms with van der Waals surface area (Å²) in [5, 5.41) is 11.2. The second kappa shape index (κ2) is 18.2. The van der Waals surface area contributed by atoms with Crippen LogP contribution in [0.3, 0.4) is 0 Å². The van der Waals surface area contributed by atoms with E-state index in [0.717, 1.165) is 56.1 Å². The molecule has 53 heavy (non-hydrogen) atoms. The molecule has 2 heterocycles. The molecule has 14 heteroatoms. The highest BCUT2D eigenvalue weighted by molar-refractivity contribution is 6.38. The van der Waals surface area contributed by atoms with Crippen LogP contribution in [-0.4, -0.2) is 105 Å². The first-order chi connectivity index (χ1) is 25.5. The number of aromatic nitrogens is 2. The van der Waals surface area contributed by atoms with Crippen molar-refractivity contribution in [2.45, 2.75) is 109 Å². The smallest absolute Gasteiger partial charge is 0.289 e. The van der Waals surface area contributed by atoms with Gasteiger partial charge in [-0.3, -0.25) is 38.7 Å². The maximum atomic E-state index is 14.3. The van der Waals surface area contributed by atoms with Crippen molar-refractivity contribution in [2.24, 2.45) is 5.92 Å². The molecule has 2 aromatic rings. The molecular weight excluding hydrogens is 676 g/mol. The Balaban J connectivity index is 1.33. The van der Waals surface area contributed by atoms with E-state index in [9.17, 15) is 28.8 Å². The van der Waals surface area contributed by atoms with Crippen molar-refractivity contribution in [1.82, 2.24) is 41.0 Å². The summed E-state index contributed by atoms with van der Waals surface area (Å²) in [6, 6.07) is 3.93. The van der Waals surface area contributed by atoms with Gasteiger partial charge in [-0.2, -0.15) is 0 Å². The first kappa shape index (κ1) is 39.2. The van der Waals surface area contributed by atoms with Crippen LogP contribution in [0.25, 0.3) is 0 Å². The molecular formula is C39H52N8O6. The lowest BCUT2D eigenvalue weighted by Gasteiger charge is -2.42. The predicted octanol–water partition coefficient (Wildman–Crippen LogP) is 1.98. The molecule has 14 nitrogen and oxygen atoms in total. The molecule has 3 aliphatic rings. The van der Waals surface area contributed by atoms with Gasteiger partial charge in [0.25, 0.3) is 11.8 Å². The molecule has 1 unspecified atom stereocenters. The Morgan fingerprint density at radius 1 is 0.943 bits per heavy atom. The first-order valence-electron chi connectivity index (χ1n) is 18.7. The number of ketones is 1. The van der Waals surface area contributed by atoms with E-state index in [2.05, 4.69) is 37.8 Å². The summed E-state index contributed by atoms with van der Waals surface area (Å²) in [5.74, 6) is -3.50. The van der Waals surface area contributed by atoms with E-state index in [4.69, 9.17) is 0 Å². The standard InChI is InChI=1S/C39H52N8O6/c1-5-29(34(48)38(52)42-28-15-16-28)43-36(50)31-23-47(20-19-46(31)22-27-14-10-9-11-25(27)4)39(53)32(24(2)3)44-37(51)33(26-12-7-6-8-13-26)45-35(49)30-21-40-17-18-41-30/h9-11,14,17-18,21,26,28-29,31-33H,2,5-8,12-13,15-16,19-20,22-23H2,1,3-4H3,(H,42,52)(H,43,50)(H,44,51)(H,45,49)/t29?,31-,32+,33+/m1/s1. The van der Waals surface area contributed by atoms with Gasteiger partial charge in [-0.25, -0.2) is 4.98 Å². The third-order valence-electron chi connectivity index (χ3n) is 10.4. The minimum absolute atomic E-state index is 0.00341. The van der Waals surface area contributed by atoms with Crippen molar-refractivity contribution in [2.75, 3.05) is 19.6 Å². The van der Waals surface area contributed by atoms with Crippen LogP contribution < -0.4 is 21.3 Å². The Bertz CT molecular complexity index is 1670. The Hall–Kier alpha value is -4.98. The quantitative estimate of drug-likeness (QED) is 0.157. The molecule has 1 aromatic heterocycles. The van der Waals surface area contributed by atoms with Gasteiger partial charge in [0.1, 0.15) is 23.8 Å². The van der Waals surface area contributed by atoms with Gasteiger partial charge in [0.15, 0.2) is 0 Å². The van der Waals surface area contributed by atoms with Crippen molar-refractivity contribution in [1.29, 1.82) is 0 Å². The largest absolute Gasteiger partial charge is 0.347 e. The van der Waals surface area contributed by atoms with Crippen LogP contribution in [0, 0.1) is 12.8 Å². The van der Waals surface area contributed by atoms with Crippen molar-refractivity contribution < 1.29 is 28.8 Å². The monoisotopic (exact) mass is 728 g/mol. The molecule has 5 amide bonds. The highest BCUT2D eigenvalue weighted by atomic mass is 16.2. The van der Waals surface area contributed by atoms with Gasteiger partial charge in [0.05, 0.1) is 12.2 Å². The van der Waals surface area contributed by atoms with Gasteiger partial charge in [-0.1, -0.05) is 57.0 Å². The summed E-state index contributed by atoms with van der Waals surface area (Å²) < 4.78 is 0. The SMILES string of the molecule is C=C(C)[C@H](NC(=O)[C@@H](NC(=O)c1cnccn1)C1CCCCC1)C(=O)N1CCN(Cc2ccccc2C)[C@@H](C(=O)NC(CC)C(=O)C(=O)NC2CC2)C1. The Labute approximate surface area is 310 Å². The number of carbonyl (C=O) groups excluding carboxylic acids is 6. The Morgan fingerprint density at radius 3 is 2.32 bits per heavy atom. The predicted molar refractivity (Wildman–Crippen MR) is 197 cm³/mol. The number of nitrogens with one attached hydrogen (secondary N) is 4. The van der Waals surface area contributed by atoms with Crippen molar-refractivity contribution in [3.63, 3.8) is 0 Å². The van der Waals surface area contributed by atoms with Crippen LogP contribution >= 0.6 is 0 Å². The molecule has 1 aliphatic heterocycles. The van der Waals surface area contributed by atoms with E-state index < -0.39 is 59.5 Å². The fraction of sp³-hybridized carbons (Fsp3) is 0.538. The topological polar surface area (TPSA) is 183 Å². The molecule has 284 valence electrons. The maximum Gasteiger partial charge on any atom is 0.289 e. The number of nitrogens with zero attached hydrogens (tertiary/aromatic N) is 4. The number of amides is 5. The molecule has 0 spiro atoms. The zero-order chi connectivity index (χ0) is 38.1. The molecule has 3 fully saturated rings. The second-order valence-corrected chi connectivity index (χ2v) is 14.5. The number of benzene rings is 1. The van der Waals surface area contributed by atoms with Crippen LogP contribution in [0.4, 0.5) is 0 Å². The lowest BCUT2D eigenvalue weighted by molar-refractivity contribution is -0.143. The zero-order valence-electron chi connectivity index (χ0n) is 30.9. The van der Waals surface area contributed by atoms with E-state index in [-0.39, 0.29) is 37.2 Å². The highest BCUT2D eigenvalue weighted by Crippen LogP contribution is 2.27. The number of piperazine rings is 1. The molecule has 0 radical (unpaired) electrons. The number of hydrogen-bond donors (Lipinski definition) is 4. The van der Waals surface area contributed by atoms with Gasteiger partial charge in [-0.15, -0.1) is 0 Å². The van der Waals surface area contributed by atoms with Crippen LogP contribution in [0.15, 0.2) is 55.0 Å². The summed E-state index contributed by atoms with van der Waals surface area (Å²) in [6.07, 6.45) is 10.4. The molecule has 0 bridgehead atoms. The molecule has 2 aliphatic carbocycles. The average Bonchev–Trinajstić information content (AvgIpc) is 3.99. The van der Waals surface area contributed by atoms with E-state index in [1.54, 1.807) is 13.8 Å². The van der Waals surface area contributed by atoms with E-state index >= 15 is 0 Å². The number of carbonyl (C=O) groups is 6. The number of aryl methyl sites for hydroxylation is 1. The zero-order valence-corrected chi connectivity index (χ0v) is 30.9. The third kappa shape index (κ3) is 10.3. The lowest BCUT2D eigenvalue weighted by Crippen LogP contribution is -2.64. The van der Waals surface area contributed by atoms with E-state index in [0.29, 0.717) is 18.7 Å². The summed E-state index contributed by atoms with van der Waals surface area (Å²) in [6.45, 7) is 10.4. The molecule has 4 atom stereocenters. The Kier molecular flexibility index (Phi) is 13.5. The van der Waals surface area contributed by atoms with E-state index in [1.807, 2.05) is 36.1 Å². The fourth-order valence-electron chi connectivity index (χ4n) is 7.04. The number of Topliss-reactive ketones (excluding diaryl/α,β-unsaturated/α-hetero) is 1. The summed E-state index contributed by atoms with van der Waals surface area (Å²) in [4.78, 5) is 92.6. The van der Waals surface area contributed by atoms with Crippen molar-refractivity contribution in [3.8, 4) is 0 Å². The normalized spacial score (nSPS) is 19.6. The average molecular weight is 729 g/mol. The van der Waals surface area contributed by atoms with Crippen molar-refractivity contribution in [3.05, 3.63) is 71.8 Å². The lowest BCUT2D eigenvalue weighted by atomic mass is 9.83. The van der Waals surface area contributed by atoms with Crippen LogP contribution in [0.5, 0.6) is 0 Å². The molecule has 1 saturated heterocycles. The number of hydrogen-bond acceptors (Lipinski definition) is 9. The summed E-state index contributed by atoms with van der Waals surface area (Å²) in [7, 11) is 0. The minimum atomic E-state index is -1.12. The molecule has 2 saturated carbocycles. The molecule has 4 N–H and O–H groups in total. The van der Waals surface area contributed by atoms with Gasteiger partial charge < -0.3 is 26.2 Å². The molecule has 1 aromatic carbocycles. The summed E-state index contributed by atoms with van der Waals surface area (Å²) >= 11 is 0. The maximum absolute atomic E-state index is 14.3. The van der Waals surface area contributed by atoms with Crippen LogP contribution in [0.2, 0.25) is 0 Å². The van der Waals surface area contributed by atoms with Crippen LogP contribution in [-0.2, 0) is 30.5 Å².